The van der Waals surface area contributed by atoms with Crippen LogP contribution in [0, 0.1) is 0 Å². The van der Waals surface area contributed by atoms with Gasteiger partial charge in [-0.3, -0.25) is 0 Å². The predicted octanol–water partition coefficient (Wildman–Crippen LogP) is 0.587. The minimum absolute atomic E-state index is 0.104. The van der Waals surface area contributed by atoms with Gasteiger partial charge in [0.15, 0.2) is 5.75 Å². The topological polar surface area (TPSA) is 76.0 Å². The van der Waals surface area contributed by atoms with Gasteiger partial charge < -0.3 is 9.39 Å². The molecule has 0 radical (unpaired) electrons. The average molecular weight is 213 g/mol. The maximum Gasteiger partial charge on any atom is 0.315 e. The summed E-state index contributed by atoms with van der Waals surface area (Å²) >= 11 is 0. The zero-order valence-corrected chi connectivity index (χ0v) is 7.86. The standard InChI is InChI=1S/C8H7NO4S/c10-9-7-5-14(11,12)13-8-4-2-1-3-6(7)8/h1-4,10H,5H2/b9-7-. The number of hydrogen-bond acceptors (Lipinski definition) is 5. The molecular formula is C8H7NO4S. The van der Waals surface area contributed by atoms with Crippen LogP contribution in [-0.4, -0.2) is 25.1 Å². The highest BCUT2D eigenvalue weighted by atomic mass is 32.2. The highest BCUT2D eigenvalue weighted by Crippen LogP contribution is 2.25. The second kappa shape index (κ2) is 2.98. The Kier molecular flexibility index (Phi) is 1.92. The molecule has 1 aromatic rings. The first-order valence-electron chi connectivity index (χ1n) is 3.85. The van der Waals surface area contributed by atoms with E-state index in [-0.39, 0.29) is 11.5 Å². The second-order valence-corrected chi connectivity index (χ2v) is 4.40. The van der Waals surface area contributed by atoms with Gasteiger partial charge in [0.05, 0.1) is 0 Å². The molecule has 0 spiro atoms. The molecule has 0 atom stereocenters. The lowest BCUT2D eigenvalue weighted by Gasteiger charge is -2.16. The minimum atomic E-state index is -3.65. The summed E-state index contributed by atoms with van der Waals surface area (Å²) < 4.78 is 27.1. The molecule has 0 saturated heterocycles. The molecule has 2 rings (SSSR count). The van der Waals surface area contributed by atoms with Crippen LogP contribution in [0.1, 0.15) is 5.56 Å². The van der Waals surface area contributed by atoms with Crippen LogP contribution in [0.25, 0.3) is 0 Å². The van der Waals surface area contributed by atoms with Crippen molar-refractivity contribution in [1.82, 2.24) is 0 Å². The number of para-hydroxylation sites is 1. The van der Waals surface area contributed by atoms with E-state index in [0.717, 1.165) is 0 Å². The van der Waals surface area contributed by atoms with Gasteiger partial charge in [-0.25, -0.2) is 0 Å². The van der Waals surface area contributed by atoms with E-state index in [1.54, 1.807) is 18.2 Å². The predicted molar refractivity (Wildman–Crippen MR) is 49.2 cm³/mol. The van der Waals surface area contributed by atoms with Gasteiger partial charge in [0.25, 0.3) is 0 Å². The summed E-state index contributed by atoms with van der Waals surface area (Å²) in [7, 11) is -3.65. The van der Waals surface area contributed by atoms with Crippen molar-refractivity contribution >= 4 is 15.8 Å². The number of nitrogens with zero attached hydrogens (tertiary/aromatic N) is 1. The molecule has 0 aliphatic carbocycles. The molecule has 0 unspecified atom stereocenters. The van der Waals surface area contributed by atoms with Gasteiger partial charge in [0, 0.05) is 5.56 Å². The molecular weight excluding hydrogens is 206 g/mol. The van der Waals surface area contributed by atoms with Crippen molar-refractivity contribution in [2.45, 2.75) is 0 Å². The number of rotatable bonds is 0. The highest BCUT2D eigenvalue weighted by Gasteiger charge is 2.27. The average Bonchev–Trinajstić information content (AvgIpc) is 2.15. The van der Waals surface area contributed by atoms with Gasteiger partial charge in [0.2, 0.25) is 0 Å². The summed E-state index contributed by atoms with van der Waals surface area (Å²) in [5.74, 6) is -0.202. The first kappa shape index (κ1) is 9.01. The van der Waals surface area contributed by atoms with Crippen LogP contribution in [-0.2, 0) is 10.1 Å². The maximum atomic E-state index is 11.2. The van der Waals surface area contributed by atoms with Gasteiger partial charge >= 0.3 is 10.1 Å². The van der Waals surface area contributed by atoms with E-state index in [2.05, 4.69) is 5.16 Å². The molecule has 1 aliphatic rings. The summed E-state index contributed by atoms with van der Waals surface area (Å²) in [4.78, 5) is 0. The quantitative estimate of drug-likeness (QED) is 0.388. The Morgan fingerprint density at radius 2 is 2.07 bits per heavy atom. The Morgan fingerprint density at radius 1 is 1.36 bits per heavy atom. The Hall–Kier alpha value is -1.56. The number of fused-ring (bicyclic) bond motifs is 1. The Balaban J connectivity index is 2.63. The third-order valence-corrected chi connectivity index (χ3v) is 2.91. The van der Waals surface area contributed by atoms with Crippen molar-refractivity contribution in [2.24, 2.45) is 5.16 Å². The summed E-state index contributed by atoms with van der Waals surface area (Å²) in [5.41, 5.74) is 0.608. The number of benzene rings is 1. The maximum absolute atomic E-state index is 11.2. The lowest BCUT2D eigenvalue weighted by Crippen LogP contribution is -2.27. The molecule has 1 aliphatic heterocycles. The number of oxime groups is 1. The van der Waals surface area contributed by atoms with Crippen LogP contribution in [0.5, 0.6) is 5.75 Å². The summed E-state index contributed by atoms with van der Waals surface area (Å²) in [6, 6.07) is 6.51. The molecule has 1 aromatic carbocycles. The van der Waals surface area contributed by atoms with Crippen molar-refractivity contribution < 1.29 is 17.8 Å². The zero-order valence-electron chi connectivity index (χ0n) is 7.04. The molecule has 1 heterocycles. The van der Waals surface area contributed by atoms with Gasteiger partial charge in [-0.2, -0.15) is 8.42 Å². The van der Waals surface area contributed by atoms with Crippen LogP contribution in [0.2, 0.25) is 0 Å². The van der Waals surface area contributed by atoms with Crippen molar-refractivity contribution in [3.05, 3.63) is 29.8 Å². The fraction of sp³-hybridized carbons (Fsp3) is 0.125. The van der Waals surface area contributed by atoms with E-state index >= 15 is 0 Å². The van der Waals surface area contributed by atoms with Crippen molar-refractivity contribution in [3.63, 3.8) is 0 Å². The molecule has 0 fully saturated rings. The van der Waals surface area contributed by atoms with E-state index in [0.29, 0.717) is 5.56 Å². The van der Waals surface area contributed by atoms with Crippen molar-refractivity contribution in [1.29, 1.82) is 0 Å². The third-order valence-electron chi connectivity index (χ3n) is 1.85. The molecule has 0 bridgehead atoms. The molecule has 0 saturated carbocycles. The van der Waals surface area contributed by atoms with Crippen LogP contribution >= 0.6 is 0 Å². The highest BCUT2D eigenvalue weighted by molar-refractivity contribution is 7.88. The summed E-state index contributed by atoms with van der Waals surface area (Å²) in [6.07, 6.45) is 0. The lowest BCUT2D eigenvalue weighted by molar-refractivity contribution is 0.318. The van der Waals surface area contributed by atoms with Crippen LogP contribution < -0.4 is 4.18 Å². The van der Waals surface area contributed by atoms with Crippen LogP contribution in [0.4, 0.5) is 0 Å². The summed E-state index contributed by atoms with van der Waals surface area (Å²) in [6.45, 7) is 0. The van der Waals surface area contributed by atoms with Gasteiger partial charge in [-0.15, -0.1) is 0 Å². The van der Waals surface area contributed by atoms with E-state index in [1.165, 1.54) is 6.07 Å². The van der Waals surface area contributed by atoms with Crippen LogP contribution in [0.3, 0.4) is 0 Å². The van der Waals surface area contributed by atoms with E-state index < -0.39 is 15.9 Å². The van der Waals surface area contributed by atoms with Gasteiger partial charge in [-0.05, 0) is 12.1 Å². The van der Waals surface area contributed by atoms with E-state index in [9.17, 15) is 8.42 Å². The van der Waals surface area contributed by atoms with E-state index in [4.69, 9.17) is 9.39 Å². The van der Waals surface area contributed by atoms with Gasteiger partial charge in [-0.1, -0.05) is 17.3 Å². The zero-order chi connectivity index (χ0) is 10.2. The van der Waals surface area contributed by atoms with Crippen LogP contribution in [0.15, 0.2) is 29.4 Å². The Labute approximate surface area is 80.7 Å². The smallest absolute Gasteiger partial charge is 0.315 e. The van der Waals surface area contributed by atoms with Gasteiger partial charge in [0.1, 0.15) is 11.5 Å². The van der Waals surface area contributed by atoms with Crippen molar-refractivity contribution in [2.75, 3.05) is 5.75 Å². The molecule has 14 heavy (non-hydrogen) atoms. The fourth-order valence-electron chi connectivity index (χ4n) is 1.27. The molecule has 74 valence electrons. The largest absolute Gasteiger partial charge is 0.411 e. The fourth-order valence-corrected chi connectivity index (χ4v) is 2.30. The SMILES string of the molecule is O=S1(=O)C/C(=N/O)c2ccccc2O1. The first-order chi connectivity index (χ1) is 6.62. The molecule has 5 nitrogen and oxygen atoms in total. The number of hydrogen-bond donors (Lipinski definition) is 1. The minimum Gasteiger partial charge on any atom is -0.411 e. The Morgan fingerprint density at radius 3 is 2.79 bits per heavy atom. The lowest BCUT2D eigenvalue weighted by atomic mass is 10.1. The second-order valence-electron chi connectivity index (χ2n) is 2.83. The molecule has 1 N–H and O–H groups in total. The molecule has 6 heteroatoms. The normalized spacial score (nSPS) is 21.3. The Bertz CT molecular complexity index is 492. The van der Waals surface area contributed by atoms with E-state index in [1.807, 2.05) is 0 Å². The molecule has 0 amide bonds. The third kappa shape index (κ3) is 1.44. The summed E-state index contributed by atoms with van der Waals surface area (Å²) in [5, 5.41) is 11.6. The monoisotopic (exact) mass is 213 g/mol. The first-order valence-corrected chi connectivity index (χ1v) is 5.42. The molecule has 0 aromatic heterocycles. The van der Waals surface area contributed by atoms with Crippen molar-refractivity contribution in [3.8, 4) is 5.75 Å².